The van der Waals surface area contributed by atoms with Crippen LogP contribution in [-0.2, 0) is 27.3 Å². The molecule has 3 heterocycles. The van der Waals surface area contributed by atoms with Gasteiger partial charge < -0.3 is 29.5 Å². The lowest BCUT2D eigenvalue weighted by Crippen LogP contribution is -2.51. The van der Waals surface area contributed by atoms with Gasteiger partial charge in [-0.2, -0.15) is 0 Å². The molecule has 13 heteroatoms. The number of nitrogens with one attached hydrogen (secondary N) is 1. The van der Waals surface area contributed by atoms with E-state index in [2.05, 4.69) is 16.3 Å². The van der Waals surface area contributed by atoms with Gasteiger partial charge in [-0.3, -0.25) is 9.59 Å². The highest BCUT2D eigenvalue weighted by molar-refractivity contribution is 6.37. The highest BCUT2D eigenvalue weighted by Gasteiger charge is 2.43. The highest BCUT2D eigenvalue weighted by Crippen LogP contribution is 2.40. The van der Waals surface area contributed by atoms with Gasteiger partial charge in [0, 0.05) is 62.8 Å². The third kappa shape index (κ3) is 9.69. The number of nitrogens with zero attached hydrogens (tertiary/aromatic N) is 4. The number of aryl methyl sites for hydroxylation is 1. The summed E-state index contributed by atoms with van der Waals surface area (Å²) in [6.45, 7) is 9.84. The number of likely N-dealkylation sites (tertiary alicyclic amines) is 1. The molecule has 10 nitrogen and oxygen atoms in total. The molecule has 1 aliphatic carbocycles. The van der Waals surface area contributed by atoms with Crippen LogP contribution in [0.3, 0.4) is 0 Å². The van der Waals surface area contributed by atoms with Crippen LogP contribution >= 0.6 is 34.8 Å². The Morgan fingerprint density at radius 3 is 2.32 bits per heavy atom. The molecule has 0 spiro atoms. The van der Waals surface area contributed by atoms with Gasteiger partial charge in [0.2, 0.25) is 11.8 Å². The summed E-state index contributed by atoms with van der Waals surface area (Å²) in [5.74, 6) is 0.499. The van der Waals surface area contributed by atoms with Crippen molar-refractivity contribution in [2.24, 2.45) is 5.92 Å². The minimum absolute atomic E-state index is 0.0319. The van der Waals surface area contributed by atoms with Crippen molar-refractivity contribution in [1.29, 1.82) is 0 Å². The summed E-state index contributed by atoms with van der Waals surface area (Å²) in [6.07, 6.45) is 4.72. The van der Waals surface area contributed by atoms with Crippen molar-refractivity contribution in [3.63, 3.8) is 0 Å². The molecule has 3 aromatic rings. The van der Waals surface area contributed by atoms with E-state index in [1.54, 1.807) is 18.0 Å². The fraction of sp³-hybridized carbons (Fsp3) is 0.500. The van der Waals surface area contributed by atoms with Crippen molar-refractivity contribution >= 4 is 58.5 Å². The van der Waals surface area contributed by atoms with E-state index in [0.717, 1.165) is 53.9 Å². The maximum absolute atomic E-state index is 14.7. The first kappa shape index (κ1) is 39.0. The molecule has 1 N–H and O–H groups in total. The minimum atomic E-state index is -0.665. The van der Waals surface area contributed by atoms with Crippen molar-refractivity contribution in [3.8, 4) is 5.75 Å². The molecule has 3 fully saturated rings. The number of aromatic nitrogens is 1. The molecule has 2 saturated heterocycles. The first-order chi connectivity index (χ1) is 25.2. The zero-order valence-corrected chi connectivity index (χ0v) is 33.2. The molecule has 3 aliphatic rings. The van der Waals surface area contributed by atoms with E-state index in [4.69, 9.17) is 49.3 Å². The lowest BCUT2D eigenvalue weighted by Gasteiger charge is -2.40. The third-order valence-corrected chi connectivity index (χ3v) is 11.0. The molecule has 1 saturated carbocycles. The first-order valence-electron chi connectivity index (χ1n) is 18.3. The summed E-state index contributed by atoms with van der Waals surface area (Å²) in [6, 6.07) is 13.4. The van der Waals surface area contributed by atoms with Crippen LogP contribution in [-0.4, -0.2) is 83.7 Å². The van der Waals surface area contributed by atoms with E-state index in [1.807, 2.05) is 69.1 Å². The number of rotatable bonds is 10. The van der Waals surface area contributed by atoms with Crippen molar-refractivity contribution in [2.75, 3.05) is 38.1 Å². The number of likely N-dealkylation sites (N-methyl/N-ethyl adjacent to an activating group) is 1. The van der Waals surface area contributed by atoms with Gasteiger partial charge >= 0.3 is 6.09 Å². The second kappa shape index (κ2) is 16.3. The largest absolute Gasteiger partial charge is 0.485 e. The van der Waals surface area contributed by atoms with E-state index in [1.165, 1.54) is 0 Å². The number of pyridine rings is 1. The fourth-order valence-corrected chi connectivity index (χ4v) is 8.06. The number of anilines is 1. The summed E-state index contributed by atoms with van der Waals surface area (Å²) in [5, 5.41) is 4.19. The number of hydrogen-bond donors (Lipinski definition) is 1. The van der Waals surface area contributed by atoms with Crippen LogP contribution in [0, 0.1) is 12.8 Å². The third-order valence-electron chi connectivity index (χ3n) is 10.0. The number of carbonyl (C=O) groups excluding carboxylic acids is 3. The predicted octanol–water partition coefficient (Wildman–Crippen LogP) is 7.83. The molecule has 2 aromatic carbocycles. The summed E-state index contributed by atoms with van der Waals surface area (Å²) >= 11 is 19.6. The number of amides is 3. The van der Waals surface area contributed by atoms with Crippen molar-refractivity contribution < 1.29 is 23.9 Å². The normalized spacial score (nSPS) is 20.3. The topological polar surface area (TPSA) is 104 Å². The van der Waals surface area contributed by atoms with E-state index in [0.29, 0.717) is 46.9 Å². The standard InChI is InChI=1S/C40H48Cl3N5O5/c1-24-16-33(42)37(34(43)17-24)52-29-12-14-46(22-29)35-11-7-26(20-45-35)30-13-15-47(39(51)53-40(2,3)4)23-31(30)38(50)48(28-8-9-28)21-27-18-25(6-10-32(27)41)19-36(49)44-5/h6-7,10-11,16-18,20,28-31H,8-9,12-15,19,21-23H2,1-5H3,(H,44,49)/t29-,30?,31?/m1/s1. The number of piperidine rings is 1. The Hall–Kier alpha value is -3.73. The summed E-state index contributed by atoms with van der Waals surface area (Å²) in [7, 11) is 1.61. The van der Waals surface area contributed by atoms with Gasteiger partial charge in [0.15, 0.2) is 5.75 Å². The first-order valence-corrected chi connectivity index (χ1v) is 19.4. The Kier molecular flexibility index (Phi) is 12.0. The average Bonchev–Trinajstić information content (AvgIpc) is 3.85. The summed E-state index contributed by atoms with van der Waals surface area (Å²) in [4.78, 5) is 50.8. The molecule has 2 aliphatic heterocycles. The Bertz CT molecular complexity index is 1810. The van der Waals surface area contributed by atoms with Gasteiger partial charge in [0.1, 0.15) is 17.5 Å². The summed E-state index contributed by atoms with van der Waals surface area (Å²) < 4.78 is 12.0. The number of benzene rings is 2. The molecule has 53 heavy (non-hydrogen) atoms. The van der Waals surface area contributed by atoms with Crippen molar-refractivity contribution in [3.05, 3.63) is 86.0 Å². The van der Waals surface area contributed by atoms with E-state index in [-0.39, 0.29) is 42.8 Å². The fourth-order valence-electron chi connectivity index (χ4n) is 7.20. The van der Waals surface area contributed by atoms with Crippen LogP contribution < -0.4 is 15.0 Å². The molecule has 3 atom stereocenters. The lowest BCUT2D eigenvalue weighted by atomic mass is 9.80. The zero-order valence-electron chi connectivity index (χ0n) is 31.0. The maximum atomic E-state index is 14.7. The molecule has 284 valence electrons. The molecule has 1 aromatic heterocycles. The van der Waals surface area contributed by atoms with Crippen molar-refractivity contribution in [1.82, 2.24) is 20.1 Å². The summed E-state index contributed by atoms with van der Waals surface area (Å²) in [5.41, 5.74) is 2.86. The van der Waals surface area contributed by atoms with Crippen LogP contribution in [0.15, 0.2) is 48.7 Å². The highest BCUT2D eigenvalue weighted by atomic mass is 35.5. The van der Waals surface area contributed by atoms with Crippen LogP contribution in [0.4, 0.5) is 10.6 Å². The predicted molar refractivity (Wildman–Crippen MR) is 208 cm³/mol. The smallest absolute Gasteiger partial charge is 0.410 e. The number of hydrogen-bond acceptors (Lipinski definition) is 7. The lowest BCUT2D eigenvalue weighted by molar-refractivity contribution is -0.139. The molecule has 2 unspecified atom stereocenters. The van der Waals surface area contributed by atoms with Crippen LogP contribution in [0.1, 0.15) is 74.6 Å². The molecule has 3 amide bonds. The Labute approximate surface area is 327 Å². The monoisotopic (exact) mass is 783 g/mol. The SMILES string of the molecule is CNC(=O)Cc1ccc(Cl)c(CN(C(=O)C2CN(C(=O)OC(C)(C)C)CCC2c2ccc(N3CC[C@@H](Oc4c(Cl)cc(C)cc4Cl)C3)nc2)C2CC2)c1. The van der Waals surface area contributed by atoms with Crippen LogP contribution in [0.25, 0.3) is 0 Å². The van der Waals surface area contributed by atoms with Crippen molar-refractivity contribution in [2.45, 2.75) is 90.0 Å². The minimum Gasteiger partial charge on any atom is -0.485 e. The van der Waals surface area contributed by atoms with E-state index >= 15 is 0 Å². The van der Waals surface area contributed by atoms with E-state index in [9.17, 15) is 14.4 Å². The Balaban J connectivity index is 1.21. The van der Waals surface area contributed by atoms with Gasteiger partial charge in [0.05, 0.1) is 28.9 Å². The van der Waals surface area contributed by atoms with Crippen LogP contribution in [0.5, 0.6) is 5.75 Å². The van der Waals surface area contributed by atoms with Gasteiger partial charge in [-0.15, -0.1) is 0 Å². The molecule has 0 radical (unpaired) electrons. The zero-order chi connectivity index (χ0) is 38.0. The van der Waals surface area contributed by atoms with E-state index < -0.39 is 17.6 Å². The average molecular weight is 785 g/mol. The Morgan fingerprint density at radius 1 is 0.943 bits per heavy atom. The number of ether oxygens (including phenoxy) is 2. The number of halogens is 3. The second-order valence-electron chi connectivity index (χ2n) is 15.4. The number of carbonyl (C=O) groups is 3. The molecular formula is C40H48Cl3N5O5. The van der Waals surface area contributed by atoms with Gasteiger partial charge in [-0.1, -0.05) is 53.0 Å². The maximum Gasteiger partial charge on any atom is 0.410 e. The molecule has 6 rings (SSSR count). The Morgan fingerprint density at radius 2 is 1.68 bits per heavy atom. The van der Waals surface area contributed by atoms with Crippen LogP contribution in [0.2, 0.25) is 15.1 Å². The molecular weight excluding hydrogens is 737 g/mol. The van der Waals surface area contributed by atoms with Gasteiger partial charge in [-0.25, -0.2) is 9.78 Å². The van der Waals surface area contributed by atoms with Gasteiger partial charge in [-0.05, 0) is 93.5 Å². The quantitative estimate of drug-likeness (QED) is 0.224. The second-order valence-corrected chi connectivity index (χ2v) is 16.6. The molecule has 0 bridgehead atoms. The van der Waals surface area contributed by atoms with Gasteiger partial charge in [0.25, 0.3) is 0 Å².